The number of amides is 2. The number of hydrogen-bond donors (Lipinski definition) is 1. The Morgan fingerprint density at radius 1 is 1.00 bits per heavy atom. The summed E-state index contributed by atoms with van der Waals surface area (Å²) in [5, 5.41) is 2.75. The van der Waals surface area contributed by atoms with Gasteiger partial charge in [0.15, 0.2) is 0 Å². The Hall–Kier alpha value is -1.26. The quantitative estimate of drug-likeness (QED) is 0.869. The van der Waals surface area contributed by atoms with Crippen molar-refractivity contribution in [1.82, 2.24) is 10.2 Å². The predicted molar refractivity (Wildman–Crippen MR) is 87.7 cm³/mol. The highest BCUT2D eigenvalue weighted by Crippen LogP contribution is 2.15. The molecule has 1 unspecified atom stereocenters. The van der Waals surface area contributed by atoms with Crippen molar-refractivity contribution in [2.45, 2.75) is 78.4 Å². The molecule has 0 aromatic heterocycles. The van der Waals surface area contributed by atoms with E-state index in [9.17, 15) is 9.59 Å². The molecule has 1 fully saturated rings. The fraction of sp³-hybridized carbons (Fsp3) is 0.882. The molecule has 1 aliphatic rings. The molecule has 128 valence electrons. The zero-order chi connectivity index (χ0) is 16.8. The van der Waals surface area contributed by atoms with Gasteiger partial charge in [-0.2, -0.15) is 0 Å². The van der Waals surface area contributed by atoms with Crippen molar-refractivity contribution >= 4 is 12.0 Å². The van der Waals surface area contributed by atoms with E-state index in [2.05, 4.69) is 5.32 Å². The van der Waals surface area contributed by atoms with E-state index in [-0.39, 0.29) is 11.8 Å². The molecule has 1 N–H and O–H groups in total. The van der Waals surface area contributed by atoms with Crippen molar-refractivity contribution in [2.24, 2.45) is 5.92 Å². The van der Waals surface area contributed by atoms with Gasteiger partial charge in [0.1, 0.15) is 11.6 Å². The number of carbonyl (C=O) groups is 2. The number of rotatable bonds is 3. The van der Waals surface area contributed by atoms with E-state index in [1.165, 1.54) is 19.3 Å². The molecule has 2 amide bonds. The van der Waals surface area contributed by atoms with Gasteiger partial charge in [0.2, 0.25) is 5.91 Å². The van der Waals surface area contributed by atoms with Gasteiger partial charge in [-0.3, -0.25) is 4.79 Å². The Labute approximate surface area is 134 Å². The molecule has 0 spiro atoms. The van der Waals surface area contributed by atoms with E-state index in [1.807, 2.05) is 39.5 Å². The molecular weight excluding hydrogens is 280 g/mol. The fourth-order valence-electron chi connectivity index (χ4n) is 2.61. The number of nitrogens with zero attached hydrogens (tertiary/aromatic N) is 1. The number of nitrogens with one attached hydrogen (secondary N) is 1. The summed E-state index contributed by atoms with van der Waals surface area (Å²) in [6.07, 6.45) is 5.18. The third-order valence-electron chi connectivity index (χ3n) is 3.77. The van der Waals surface area contributed by atoms with Gasteiger partial charge < -0.3 is 15.0 Å². The monoisotopic (exact) mass is 312 g/mol. The Morgan fingerprint density at radius 2 is 1.50 bits per heavy atom. The summed E-state index contributed by atoms with van der Waals surface area (Å²) in [5.41, 5.74) is -0.560. The minimum atomic E-state index is -0.560. The summed E-state index contributed by atoms with van der Waals surface area (Å²) < 4.78 is 5.28. The predicted octanol–water partition coefficient (Wildman–Crippen LogP) is 3.33. The van der Waals surface area contributed by atoms with Crippen molar-refractivity contribution in [3.63, 3.8) is 0 Å². The topological polar surface area (TPSA) is 58.6 Å². The van der Waals surface area contributed by atoms with Crippen LogP contribution in [0.1, 0.15) is 66.7 Å². The lowest BCUT2D eigenvalue weighted by Crippen LogP contribution is -2.52. The molecule has 0 saturated carbocycles. The van der Waals surface area contributed by atoms with Gasteiger partial charge in [0.25, 0.3) is 0 Å². The van der Waals surface area contributed by atoms with Crippen LogP contribution in [0.4, 0.5) is 4.79 Å². The Balaban J connectivity index is 2.67. The molecular formula is C17H32N2O3. The summed E-state index contributed by atoms with van der Waals surface area (Å²) in [7, 11) is 0. The maximum Gasteiger partial charge on any atom is 0.408 e. The second-order valence-electron chi connectivity index (χ2n) is 7.46. The molecule has 0 bridgehead atoms. The highest BCUT2D eigenvalue weighted by Gasteiger charge is 2.30. The van der Waals surface area contributed by atoms with Crippen LogP contribution in [-0.4, -0.2) is 41.6 Å². The first-order valence-corrected chi connectivity index (χ1v) is 8.49. The van der Waals surface area contributed by atoms with Crippen molar-refractivity contribution in [1.29, 1.82) is 0 Å². The lowest BCUT2D eigenvalue weighted by molar-refractivity contribution is -0.135. The van der Waals surface area contributed by atoms with Crippen LogP contribution in [0.15, 0.2) is 0 Å². The van der Waals surface area contributed by atoms with Crippen LogP contribution >= 0.6 is 0 Å². The SMILES string of the molecule is CC(C)C(NC(=O)OC(C)(C)C)C(=O)N1CCCCCCC1. The van der Waals surface area contributed by atoms with Crippen molar-refractivity contribution in [3.05, 3.63) is 0 Å². The van der Waals surface area contributed by atoms with E-state index in [1.54, 1.807) is 0 Å². The second-order valence-corrected chi connectivity index (χ2v) is 7.46. The molecule has 1 saturated heterocycles. The molecule has 1 aliphatic heterocycles. The van der Waals surface area contributed by atoms with E-state index in [0.717, 1.165) is 25.9 Å². The summed E-state index contributed by atoms with van der Waals surface area (Å²) in [6.45, 7) is 10.9. The maximum absolute atomic E-state index is 12.8. The number of hydrogen-bond acceptors (Lipinski definition) is 3. The second kappa shape index (κ2) is 8.39. The van der Waals surface area contributed by atoms with E-state index >= 15 is 0 Å². The van der Waals surface area contributed by atoms with Gasteiger partial charge in [0.05, 0.1) is 0 Å². The summed E-state index contributed by atoms with van der Waals surface area (Å²) in [4.78, 5) is 26.6. The zero-order valence-electron chi connectivity index (χ0n) is 14.8. The molecule has 0 aliphatic carbocycles. The lowest BCUT2D eigenvalue weighted by Gasteiger charge is -2.31. The first kappa shape index (κ1) is 18.8. The van der Waals surface area contributed by atoms with Gasteiger partial charge in [0, 0.05) is 13.1 Å². The third kappa shape index (κ3) is 6.67. The Kier molecular flexibility index (Phi) is 7.17. The van der Waals surface area contributed by atoms with Crippen LogP contribution in [0.2, 0.25) is 0 Å². The average Bonchev–Trinajstić information content (AvgIpc) is 2.32. The van der Waals surface area contributed by atoms with Gasteiger partial charge in [-0.25, -0.2) is 4.79 Å². The van der Waals surface area contributed by atoms with Crippen LogP contribution < -0.4 is 5.32 Å². The van der Waals surface area contributed by atoms with Gasteiger partial charge in [-0.1, -0.05) is 33.1 Å². The van der Waals surface area contributed by atoms with Crippen LogP contribution in [0.25, 0.3) is 0 Å². The van der Waals surface area contributed by atoms with Crippen LogP contribution in [0, 0.1) is 5.92 Å². The summed E-state index contributed by atoms with van der Waals surface area (Å²) in [6, 6.07) is -0.519. The zero-order valence-corrected chi connectivity index (χ0v) is 14.8. The third-order valence-corrected chi connectivity index (χ3v) is 3.77. The van der Waals surface area contributed by atoms with Crippen LogP contribution in [0.5, 0.6) is 0 Å². The number of alkyl carbamates (subject to hydrolysis) is 1. The molecule has 0 aromatic carbocycles. The normalized spacial score (nSPS) is 18.4. The summed E-state index contributed by atoms with van der Waals surface area (Å²) in [5.74, 6) is 0.0493. The summed E-state index contributed by atoms with van der Waals surface area (Å²) >= 11 is 0. The van der Waals surface area contributed by atoms with E-state index in [0.29, 0.717) is 0 Å². The molecule has 22 heavy (non-hydrogen) atoms. The van der Waals surface area contributed by atoms with Crippen molar-refractivity contribution in [2.75, 3.05) is 13.1 Å². The maximum atomic E-state index is 12.8. The Bertz CT molecular complexity index is 367. The molecule has 1 rings (SSSR count). The molecule has 0 aromatic rings. The van der Waals surface area contributed by atoms with Crippen molar-refractivity contribution < 1.29 is 14.3 Å². The number of likely N-dealkylation sites (tertiary alicyclic amines) is 1. The first-order valence-electron chi connectivity index (χ1n) is 8.49. The van der Waals surface area contributed by atoms with Gasteiger partial charge in [-0.05, 0) is 39.5 Å². The van der Waals surface area contributed by atoms with E-state index < -0.39 is 17.7 Å². The largest absolute Gasteiger partial charge is 0.444 e. The lowest BCUT2D eigenvalue weighted by atomic mass is 10.0. The number of ether oxygens (including phenoxy) is 1. The number of carbonyl (C=O) groups excluding carboxylic acids is 2. The molecule has 1 atom stereocenters. The molecule has 5 nitrogen and oxygen atoms in total. The highest BCUT2D eigenvalue weighted by atomic mass is 16.6. The average molecular weight is 312 g/mol. The molecule has 0 radical (unpaired) electrons. The first-order chi connectivity index (χ1) is 10.2. The van der Waals surface area contributed by atoms with Crippen LogP contribution in [-0.2, 0) is 9.53 Å². The van der Waals surface area contributed by atoms with Crippen molar-refractivity contribution in [3.8, 4) is 0 Å². The highest BCUT2D eigenvalue weighted by molar-refractivity contribution is 5.86. The van der Waals surface area contributed by atoms with Gasteiger partial charge in [-0.15, -0.1) is 0 Å². The fourth-order valence-corrected chi connectivity index (χ4v) is 2.61. The smallest absolute Gasteiger partial charge is 0.408 e. The van der Waals surface area contributed by atoms with Gasteiger partial charge >= 0.3 is 6.09 Å². The minimum absolute atomic E-state index is 0.0164. The standard InChI is InChI=1S/C17H32N2O3/c1-13(2)14(18-16(21)22-17(3,4)5)15(20)19-11-9-7-6-8-10-12-19/h13-14H,6-12H2,1-5H3,(H,18,21). The molecule has 1 heterocycles. The minimum Gasteiger partial charge on any atom is -0.444 e. The Morgan fingerprint density at radius 3 is 1.95 bits per heavy atom. The van der Waals surface area contributed by atoms with Crippen LogP contribution in [0.3, 0.4) is 0 Å². The molecule has 5 heteroatoms. The van der Waals surface area contributed by atoms with E-state index in [4.69, 9.17) is 4.74 Å².